The molecule has 10 rings (SSSR count). The van der Waals surface area contributed by atoms with Crippen LogP contribution in [0.1, 0.15) is 0 Å². The minimum atomic E-state index is 0.904. The van der Waals surface area contributed by atoms with Crippen LogP contribution in [0.5, 0.6) is 0 Å². The summed E-state index contributed by atoms with van der Waals surface area (Å²) in [5.74, 6) is 0. The van der Waals surface area contributed by atoms with Gasteiger partial charge in [0.15, 0.2) is 0 Å². The molecule has 3 heteroatoms. The second-order valence-corrected chi connectivity index (χ2v) is 14.0. The number of fused-ring (bicyclic) bond motifs is 6. The van der Waals surface area contributed by atoms with Gasteiger partial charge in [0.25, 0.3) is 0 Å². The topological polar surface area (TPSA) is 16.4 Å². The molecular weight excluding hydrogens is 639 g/mol. The number of hydrogen-bond donors (Lipinski definition) is 0. The molecule has 0 atom stereocenters. The zero-order chi connectivity index (χ0) is 33.7. The summed E-state index contributed by atoms with van der Waals surface area (Å²) >= 11 is 1.87. The molecule has 0 saturated carbocycles. The van der Waals surface area contributed by atoms with Crippen molar-refractivity contribution in [2.45, 2.75) is 0 Å². The largest absolute Gasteiger partial charge is 0.456 e. The van der Waals surface area contributed by atoms with Crippen LogP contribution in [0.3, 0.4) is 0 Å². The van der Waals surface area contributed by atoms with Crippen LogP contribution in [0.4, 0.5) is 17.1 Å². The Hall–Kier alpha value is -6.42. The molecule has 8 aromatic carbocycles. The lowest BCUT2D eigenvalue weighted by Crippen LogP contribution is -2.11. The Bertz CT molecular complexity index is 2830. The van der Waals surface area contributed by atoms with Gasteiger partial charge in [0.05, 0.1) is 10.4 Å². The van der Waals surface area contributed by atoms with Crippen molar-refractivity contribution in [1.82, 2.24) is 0 Å². The minimum absolute atomic E-state index is 0.904. The molecule has 0 aliphatic rings. The van der Waals surface area contributed by atoms with E-state index in [4.69, 9.17) is 4.42 Å². The molecule has 0 saturated heterocycles. The second-order valence-electron chi connectivity index (χ2n) is 12.9. The molecule has 0 amide bonds. The van der Waals surface area contributed by atoms with Gasteiger partial charge in [-0.2, -0.15) is 0 Å². The van der Waals surface area contributed by atoms with Crippen LogP contribution in [0, 0.1) is 0 Å². The number of hydrogen-bond acceptors (Lipinski definition) is 3. The third kappa shape index (κ3) is 5.10. The Morgan fingerprint density at radius 1 is 0.373 bits per heavy atom. The number of thiophene rings is 1. The van der Waals surface area contributed by atoms with Crippen molar-refractivity contribution in [3.8, 4) is 33.4 Å². The third-order valence-corrected chi connectivity index (χ3v) is 11.1. The van der Waals surface area contributed by atoms with E-state index < -0.39 is 0 Å². The summed E-state index contributed by atoms with van der Waals surface area (Å²) in [4.78, 5) is 2.45. The molecular formula is C48H31NOS. The lowest BCUT2D eigenvalue weighted by molar-refractivity contribution is 0.669. The van der Waals surface area contributed by atoms with E-state index in [9.17, 15) is 0 Å². The average Bonchev–Trinajstić information content (AvgIpc) is 3.77. The van der Waals surface area contributed by atoms with Gasteiger partial charge in [0, 0.05) is 43.2 Å². The SMILES string of the molecule is c1ccc(-c2ccc(N(c3ccc(-c4ccc5c(c4)oc4ccccc45)cc3)c3c(-c4ccccc4)ccc4c3sc3ccccc34)cc2)cc1. The lowest BCUT2D eigenvalue weighted by Gasteiger charge is -2.29. The Morgan fingerprint density at radius 3 is 1.63 bits per heavy atom. The molecule has 240 valence electrons. The molecule has 0 aliphatic carbocycles. The van der Waals surface area contributed by atoms with Gasteiger partial charge in [-0.1, -0.05) is 140 Å². The fourth-order valence-electron chi connectivity index (χ4n) is 7.40. The van der Waals surface area contributed by atoms with E-state index in [1.165, 1.54) is 48.1 Å². The summed E-state index contributed by atoms with van der Waals surface area (Å²) in [5.41, 5.74) is 12.3. The van der Waals surface area contributed by atoms with Crippen LogP contribution < -0.4 is 4.90 Å². The standard InChI is InChI=1S/C48H31NOS/c1-3-11-32(12-4-1)33-19-24-37(25-20-33)49(38-26-21-34(22-27-38)36-23-28-41-40-15-7-9-17-44(40)50-45(41)31-36)47-39(35-13-5-2-6-14-35)29-30-43-42-16-8-10-18-46(42)51-48(43)47/h1-31H. The third-order valence-electron chi connectivity index (χ3n) is 9.90. The zero-order valence-corrected chi connectivity index (χ0v) is 28.5. The molecule has 0 fully saturated rings. The first-order valence-corrected chi connectivity index (χ1v) is 18.1. The van der Waals surface area contributed by atoms with E-state index in [1.54, 1.807) is 0 Å². The maximum atomic E-state index is 6.25. The van der Waals surface area contributed by atoms with Crippen LogP contribution in [-0.2, 0) is 0 Å². The van der Waals surface area contributed by atoms with Crippen molar-refractivity contribution in [2.24, 2.45) is 0 Å². The monoisotopic (exact) mass is 669 g/mol. The molecule has 2 heterocycles. The Morgan fingerprint density at radius 2 is 0.902 bits per heavy atom. The van der Waals surface area contributed by atoms with Gasteiger partial charge in [-0.25, -0.2) is 0 Å². The van der Waals surface area contributed by atoms with Crippen molar-refractivity contribution in [3.63, 3.8) is 0 Å². The quantitative estimate of drug-likeness (QED) is 0.175. The molecule has 0 aliphatic heterocycles. The van der Waals surface area contributed by atoms with Crippen LogP contribution in [0.25, 0.3) is 75.5 Å². The number of nitrogens with zero attached hydrogens (tertiary/aromatic N) is 1. The van der Waals surface area contributed by atoms with E-state index in [0.717, 1.165) is 44.4 Å². The molecule has 0 unspecified atom stereocenters. The van der Waals surface area contributed by atoms with Crippen molar-refractivity contribution < 1.29 is 4.42 Å². The Balaban J connectivity index is 1.17. The van der Waals surface area contributed by atoms with Crippen LogP contribution in [-0.4, -0.2) is 0 Å². The van der Waals surface area contributed by atoms with Crippen LogP contribution in [0.2, 0.25) is 0 Å². The second kappa shape index (κ2) is 12.2. The van der Waals surface area contributed by atoms with E-state index in [1.807, 2.05) is 23.5 Å². The first-order valence-electron chi connectivity index (χ1n) is 17.3. The first-order chi connectivity index (χ1) is 25.3. The fraction of sp³-hybridized carbons (Fsp3) is 0. The normalized spacial score (nSPS) is 11.5. The van der Waals surface area contributed by atoms with Gasteiger partial charge in [0.2, 0.25) is 0 Å². The highest BCUT2D eigenvalue weighted by molar-refractivity contribution is 7.26. The molecule has 51 heavy (non-hydrogen) atoms. The summed E-state index contributed by atoms with van der Waals surface area (Å²) in [6.45, 7) is 0. The Kier molecular flexibility index (Phi) is 7.04. The van der Waals surface area contributed by atoms with Gasteiger partial charge < -0.3 is 9.32 Å². The predicted octanol–water partition coefficient (Wildman–Crippen LogP) is 14.4. The zero-order valence-electron chi connectivity index (χ0n) is 27.7. The summed E-state index contributed by atoms with van der Waals surface area (Å²) in [6, 6.07) is 67.5. The highest BCUT2D eigenvalue weighted by Gasteiger charge is 2.23. The number of furan rings is 1. The number of anilines is 3. The van der Waals surface area contributed by atoms with Gasteiger partial charge >= 0.3 is 0 Å². The average molecular weight is 670 g/mol. The van der Waals surface area contributed by atoms with Gasteiger partial charge in [0.1, 0.15) is 11.2 Å². The molecule has 2 nitrogen and oxygen atoms in total. The maximum absolute atomic E-state index is 6.25. The Labute approximate surface area is 300 Å². The van der Waals surface area contributed by atoms with Crippen LogP contribution in [0.15, 0.2) is 192 Å². The summed E-state index contributed by atoms with van der Waals surface area (Å²) < 4.78 is 8.80. The summed E-state index contributed by atoms with van der Waals surface area (Å²) in [5, 5.41) is 4.84. The van der Waals surface area contributed by atoms with Crippen molar-refractivity contribution >= 4 is 70.5 Å². The highest BCUT2D eigenvalue weighted by Crippen LogP contribution is 2.50. The molecule has 10 aromatic rings. The van der Waals surface area contributed by atoms with Crippen molar-refractivity contribution in [2.75, 3.05) is 4.90 Å². The van der Waals surface area contributed by atoms with Gasteiger partial charge in [-0.05, 0) is 76.3 Å². The lowest BCUT2D eigenvalue weighted by atomic mass is 9.98. The number of rotatable bonds is 6. The number of para-hydroxylation sites is 1. The first kappa shape index (κ1) is 29.5. The van der Waals surface area contributed by atoms with Gasteiger partial charge in [-0.15, -0.1) is 11.3 Å². The highest BCUT2D eigenvalue weighted by atomic mass is 32.1. The van der Waals surface area contributed by atoms with E-state index >= 15 is 0 Å². The summed E-state index contributed by atoms with van der Waals surface area (Å²) in [6.07, 6.45) is 0. The smallest absolute Gasteiger partial charge is 0.136 e. The number of benzene rings is 8. The summed E-state index contributed by atoms with van der Waals surface area (Å²) in [7, 11) is 0. The van der Waals surface area contributed by atoms with Crippen molar-refractivity contribution in [1.29, 1.82) is 0 Å². The molecule has 0 N–H and O–H groups in total. The van der Waals surface area contributed by atoms with E-state index in [2.05, 4.69) is 181 Å². The predicted molar refractivity (Wildman–Crippen MR) is 218 cm³/mol. The fourth-order valence-corrected chi connectivity index (χ4v) is 8.64. The van der Waals surface area contributed by atoms with Gasteiger partial charge in [-0.3, -0.25) is 0 Å². The molecule has 0 spiro atoms. The maximum Gasteiger partial charge on any atom is 0.136 e. The van der Waals surface area contributed by atoms with E-state index in [0.29, 0.717) is 0 Å². The van der Waals surface area contributed by atoms with Crippen molar-refractivity contribution in [3.05, 3.63) is 188 Å². The van der Waals surface area contributed by atoms with E-state index in [-0.39, 0.29) is 0 Å². The molecule has 2 aromatic heterocycles. The molecule has 0 bridgehead atoms. The van der Waals surface area contributed by atoms with Crippen LogP contribution >= 0.6 is 11.3 Å². The molecule has 0 radical (unpaired) electrons. The minimum Gasteiger partial charge on any atom is -0.456 e.